The standard InChI is InChI=1S/C18H22BrNO4/c1-2-23-17(21)7-5-3-4-6-10-20-18(22)16-12-13-11-14(19)8-9-15(13)24-16/h8-9,11-12H,2-7,10H2,1H3,(H,20,22). The quantitative estimate of drug-likeness (QED) is 0.503. The zero-order valence-corrected chi connectivity index (χ0v) is 15.4. The zero-order chi connectivity index (χ0) is 17.4. The molecule has 130 valence electrons. The van der Waals surface area contributed by atoms with E-state index in [0.29, 0.717) is 30.9 Å². The molecule has 1 N–H and O–H groups in total. The maximum Gasteiger partial charge on any atom is 0.305 e. The van der Waals surface area contributed by atoms with Crippen LogP contribution in [0, 0.1) is 0 Å². The lowest BCUT2D eigenvalue weighted by Crippen LogP contribution is -2.23. The van der Waals surface area contributed by atoms with Crippen LogP contribution < -0.4 is 5.32 Å². The molecule has 0 aliphatic rings. The number of furan rings is 1. The predicted octanol–water partition coefficient (Wildman–Crippen LogP) is 4.44. The van der Waals surface area contributed by atoms with Crippen molar-refractivity contribution >= 4 is 38.8 Å². The van der Waals surface area contributed by atoms with E-state index < -0.39 is 0 Å². The lowest BCUT2D eigenvalue weighted by molar-refractivity contribution is -0.143. The second-order valence-corrected chi connectivity index (χ2v) is 6.43. The number of rotatable bonds is 9. The summed E-state index contributed by atoms with van der Waals surface area (Å²) in [7, 11) is 0. The first-order chi connectivity index (χ1) is 11.6. The summed E-state index contributed by atoms with van der Waals surface area (Å²) in [5.74, 6) is -0.0124. The van der Waals surface area contributed by atoms with Gasteiger partial charge in [-0.25, -0.2) is 0 Å². The molecule has 1 aromatic carbocycles. The molecule has 24 heavy (non-hydrogen) atoms. The molecule has 0 unspecified atom stereocenters. The Hall–Kier alpha value is -1.82. The number of ether oxygens (including phenoxy) is 1. The topological polar surface area (TPSA) is 68.5 Å². The largest absolute Gasteiger partial charge is 0.466 e. The number of hydrogen-bond donors (Lipinski definition) is 1. The monoisotopic (exact) mass is 395 g/mol. The fraction of sp³-hybridized carbons (Fsp3) is 0.444. The number of amides is 1. The number of hydrogen-bond acceptors (Lipinski definition) is 4. The van der Waals surface area contributed by atoms with Gasteiger partial charge in [0.05, 0.1) is 6.61 Å². The van der Waals surface area contributed by atoms with Crippen LogP contribution in [0.25, 0.3) is 11.0 Å². The van der Waals surface area contributed by atoms with Gasteiger partial charge in [-0.15, -0.1) is 0 Å². The van der Waals surface area contributed by atoms with E-state index >= 15 is 0 Å². The highest BCUT2D eigenvalue weighted by Crippen LogP contribution is 2.23. The van der Waals surface area contributed by atoms with Crippen LogP contribution in [-0.4, -0.2) is 25.0 Å². The number of halogens is 1. The Morgan fingerprint density at radius 3 is 2.75 bits per heavy atom. The number of carbonyl (C=O) groups is 2. The minimum atomic E-state index is -0.200. The number of nitrogens with one attached hydrogen (secondary N) is 1. The number of benzene rings is 1. The Morgan fingerprint density at radius 2 is 1.96 bits per heavy atom. The molecule has 0 saturated heterocycles. The Balaban J connectivity index is 1.65. The van der Waals surface area contributed by atoms with Gasteiger partial charge >= 0.3 is 5.97 Å². The molecule has 0 aliphatic heterocycles. The van der Waals surface area contributed by atoms with Crippen LogP contribution >= 0.6 is 15.9 Å². The Morgan fingerprint density at radius 1 is 1.17 bits per heavy atom. The van der Waals surface area contributed by atoms with Gasteiger partial charge in [0.25, 0.3) is 5.91 Å². The van der Waals surface area contributed by atoms with Crippen molar-refractivity contribution < 1.29 is 18.7 Å². The van der Waals surface area contributed by atoms with E-state index in [1.807, 2.05) is 18.2 Å². The molecule has 1 amide bonds. The predicted molar refractivity (Wildman–Crippen MR) is 96.0 cm³/mol. The summed E-state index contributed by atoms with van der Waals surface area (Å²) >= 11 is 3.40. The zero-order valence-electron chi connectivity index (χ0n) is 13.8. The molecule has 0 radical (unpaired) electrons. The highest BCUT2D eigenvalue weighted by Gasteiger charge is 2.11. The third-order valence-electron chi connectivity index (χ3n) is 3.60. The Labute approximate surface area is 149 Å². The van der Waals surface area contributed by atoms with Gasteiger partial charge in [-0.2, -0.15) is 0 Å². The van der Waals surface area contributed by atoms with Gasteiger partial charge < -0.3 is 14.5 Å². The highest BCUT2D eigenvalue weighted by atomic mass is 79.9. The first-order valence-corrected chi connectivity index (χ1v) is 9.02. The number of esters is 1. The Bertz CT molecular complexity index is 695. The molecular formula is C18H22BrNO4. The normalized spacial score (nSPS) is 10.8. The summed E-state index contributed by atoms with van der Waals surface area (Å²) in [6.45, 7) is 2.84. The molecular weight excluding hydrogens is 374 g/mol. The maximum atomic E-state index is 12.1. The second kappa shape index (κ2) is 9.47. The van der Waals surface area contributed by atoms with E-state index in [0.717, 1.165) is 35.5 Å². The Kier molecular flexibility index (Phi) is 7.31. The van der Waals surface area contributed by atoms with Crippen LogP contribution in [-0.2, 0) is 9.53 Å². The van der Waals surface area contributed by atoms with Crippen molar-refractivity contribution in [3.63, 3.8) is 0 Å². The van der Waals surface area contributed by atoms with Crippen molar-refractivity contribution in [2.24, 2.45) is 0 Å². The summed E-state index contributed by atoms with van der Waals surface area (Å²) < 4.78 is 11.4. The molecule has 0 aliphatic carbocycles. The SMILES string of the molecule is CCOC(=O)CCCCCCNC(=O)c1cc2cc(Br)ccc2o1. The first-order valence-electron chi connectivity index (χ1n) is 8.23. The van der Waals surface area contributed by atoms with Gasteiger partial charge in [0, 0.05) is 22.8 Å². The van der Waals surface area contributed by atoms with Crippen LogP contribution in [0.15, 0.2) is 33.2 Å². The van der Waals surface area contributed by atoms with Crippen LogP contribution in [0.3, 0.4) is 0 Å². The van der Waals surface area contributed by atoms with Crippen LogP contribution in [0.5, 0.6) is 0 Å². The number of unbranched alkanes of at least 4 members (excludes halogenated alkanes) is 3. The molecule has 1 aromatic heterocycles. The van der Waals surface area contributed by atoms with Crippen molar-refractivity contribution in [2.45, 2.75) is 39.0 Å². The summed E-state index contributed by atoms with van der Waals surface area (Å²) in [5, 5.41) is 3.76. The van der Waals surface area contributed by atoms with Crippen molar-refractivity contribution in [2.75, 3.05) is 13.2 Å². The van der Waals surface area contributed by atoms with Gasteiger partial charge in [0.1, 0.15) is 5.58 Å². The molecule has 6 heteroatoms. The summed E-state index contributed by atoms with van der Waals surface area (Å²) in [6.07, 6.45) is 4.08. The third kappa shape index (κ3) is 5.67. The van der Waals surface area contributed by atoms with Gasteiger partial charge in [0.2, 0.25) is 0 Å². The van der Waals surface area contributed by atoms with Crippen molar-refractivity contribution in [3.8, 4) is 0 Å². The van der Waals surface area contributed by atoms with E-state index in [4.69, 9.17) is 9.15 Å². The van der Waals surface area contributed by atoms with E-state index in [1.54, 1.807) is 13.0 Å². The van der Waals surface area contributed by atoms with Gasteiger partial charge in [-0.3, -0.25) is 9.59 Å². The lowest BCUT2D eigenvalue weighted by atomic mass is 10.1. The van der Waals surface area contributed by atoms with E-state index in [-0.39, 0.29) is 11.9 Å². The van der Waals surface area contributed by atoms with Crippen LogP contribution in [0.1, 0.15) is 49.6 Å². The molecule has 5 nitrogen and oxygen atoms in total. The average molecular weight is 396 g/mol. The molecule has 2 rings (SSSR count). The van der Waals surface area contributed by atoms with Crippen molar-refractivity contribution in [1.82, 2.24) is 5.32 Å². The van der Waals surface area contributed by atoms with Crippen LogP contribution in [0.2, 0.25) is 0 Å². The fourth-order valence-corrected chi connectivity index (χ4v) is 2.77. The van der Waals surface area contributed by atoms with Crippen molar-refractivity contribution in [1.29, 1.82) is 0 Å². The molecule has 0 fully saturated rings. The third-order valence-corrected chi connectivity index (χ3v) is 4.09. The van der Waals surface area contributed by atoms with E-state index in [9.17, 15) is 9.59 Å². The van der Waals surface area contributed by atoms with Gasteiger partial charge in [-0.05, 0) is 44.0 Å². The summed E-state index contributed by atoms with van der Waals surface area (Å²) in [4.78, 5) is 23.3. The van der Waals surface area contributed by atoms with Crippen molar-refractivity contribution in [3.05, 3.63) is 34.5 Å². The lowest BCUT2D eigenvalue weighted by Gasteiger charge is -2.04. The van der Waals surface area contributed by atoms with E-state index in [2.05, 4.69) is 21.2 Å². The first kappa shape index (κ1) is 18.5. The molecule has 0 bridgehead atoms. The molecule has 1 heterocycles. The van der Waals surface area contributed by atoms with Crippen LogP contribution in [0.4, 0.5) is 0 Å². The summed E-state index contributed by atoms with van der Waals surface area (Å²) in [5.41, 5.74) is 0.697. The molecule has 2 aromatic rings. The number of fused-ring (bicyclic) bond motifs is 1. The molecule has 0 spiro atoms. The minimum absolute atomic E-state index is 0.137. The fourth-order valence-electron chi connectivity index (χ4n) is 2.40. The van der Waals surface area contributed by atoms with Gasteiger partial charge in [0.15, 0.2) is 5.76 Å². The minimum Gasteiger partial charge on any atom is -0.466 e. The molecule has 0 saturated carbocycles. The smallest absolute Gasteiger partial charge is 0.305 e. The average Bonchev–Trinajstić information content (AvgIpc) is 2.97. The van der Waals surface area contributed by atoms with Gasteiger partial charge in [-0.1, -0.05) is 28.8 Å². The highest BCUT2D eigenvalue weighted by molar-refractivity contribution is 9.10. The maximum absolute atomic E-state index is 12.1. The molecule has 0 atom stereocenters. The second-order valence-electron chi connectivity index (χ2n) is 5.52. The van der Waals surface area contributed by atoms with E-state index in [1.165, 1.54) is 0 Å². The number of carbonyl (C=O) groups excluding carboxylic acids is 2. The summed E-state index contributed by atoms with van der Waals surface area (Å²) in [6, 6.07) is 7.37.